The third-order valence-corrected chi connectivity index (χ3v) is 17.7. The first-order chi connectivity index (χ1) is 28.2. The van der Waals surface area contributed by atoms with Gasteiger partial charge in [0.2, 0.25) is 5.78 Å². The van der Waals surface area contributed by atoms with Crippen LogP contribution in [0.25, 0.3) is 0 Å². The number of hydrogen-bond acceptors (Lipinski definition) is 9. The number of carbonyl (C=O) groups excluding carboxylic acids is 2. The number of Topliss-reactive ketones (excluding diaryl/α,β-unsaturated/α-hetero) is 2. The molecule has 9 nitrogen and oxygen atoms in total. The SMILES string of the molecule is C=CCN(CC=C)[C@@H]1c2onc(OCc3ccccc3)c2C(=O)[C@@]2(O[Si](C)(C)C(C)(C)C)C(O)=C3C(=O)c4c(c(F)c5c(c4OCc4ccccc4)CCC5)C[C@H]3C[C@@H]12. The van der Waals surface area contributed by atoms with E-state index in [0.717, 1.165) is 17.5 Å². The smallest absolute Gasteiger partial charge is 0.265 e. The molecule has 0 fully saturated rings. The van der Waals surface area contributed by atoms with Crippen LogP contribution in [-0.4, -0.2) is 53.7 Å². The number of nitrogens with zero attached hydrogens (tertiary/aromatic N) is 2. The van der Waals surface area contributed by atoms with E-state index >= 15 is 14.0 Å². The molecule has 1 N–H and O–H groups in total. The van der Waals surface area contributed by atoms with E-state index in [0.29, 0.717) is 48.4 Å². The average molecular weight is 817 g/mol. The molecule has 8 rings (SSSR count). The van der Waals surface area contributed by atoms with Crippen molar-refractivity contribution in [1.29, 1.82) is 0 Å². The summed E-state index contributed by atoms with van der Waals surface area (Å²) in [5.74, 6) is -2.77. The summed E-state index contributed by atoms with van der Waals surface area (Å²) in [5, 5.41) is 17.1. The van der Waals surface area contributed by atoms with Crippen LogP contribution in [0.5, 0.6) is 11.6 Å². The second-order valence-corrected chi connectivity index (χ2v) is 22.5. The maximum absolute atomic E-state index is 16.8. The lowest BCUT2D eigenvalue weighted by Crippen LogP contribution is -2.65. The van der Waals surface area contributed by atoms with Crippen LogP contribution in [0.3, 0.4) is 0 Å². The quantitative estimate of drug-likeness (QED) is 0.104. The van der Waals surface area contributed by atoms with E-state index in [-0.39, 0.29) is 60.2 Å². The zero-order valence-corrected chi connectivity index (χ0v) is 35.6. The third kappa shape index (κ3) is 6.71. The largest absolute Gasteiger partial charge is 0.508 e. The molecule has 0 saturated heterocycles. The van der Waals surface area contributed by atoms with Gasteiger partial charge in [0, 0.05) is 35.7 Å². The highest BCUT2D eigenvalue weighted by atomic mass is 28.4. The molecule has 0 bridgehead atoms. The lowest BCUT2D eigenvalue weighted by molar-refractivity contribution is -0.0525. The van der Waals surface area contributed by atoms with Gasteiger partial charge in [-0.15, -0.1) is 13.2 Å². The maximum atomic E-state index is 16.8. The first-order valence-corrected chi connectivity index (χ1v) is 23.5. The molecule has 0 spiro atoms. The Morgan fingerprint density at radius 1 is 0.932 bits per heavy atom. The van der Waals surface area contributed by atoms with E-state index in [2.05, 4.69) is 44.0 Å². The van der Waals surface area contributed by atoms with Gasteiger partial charge < -0.3 is 23.5 Å². The highest BCUT2D eigenvalue weighted by Gasteiger charge is 2.67. The van der Waals surface area contributed by atoms with E-state index < -0.39 is 54.2 Å². The van der Waals surface area contributed by atoms with E-state index in [1.54, 1.807) is 12.2 Å². The van der Waals surface area contributed by atoms with E-state index in [1.165, 1.54) is 0 Å². The molecule has 59 heavy (non-hydrogen) atoms. The molecule has 1 aromatic heterocycles. The Morgan fingerprint density at radius 3 is 2.15 bits per heavy atom. The minimum atomic E-state index is -2.98. The van der Waals surface area contributed by atoms with Crippen LogP contribution in [0.15, 0.2) is 102 Å². The van der Waals surface area contributed by atoms with Crippen LogP contribution < -0.4 is 9.47 Å². The molecular weight excluding hydrogens is 764 g/mol. The number of rotatable bonds is 13. The van der Waals surface area contributed by atoms with Crippen molar-refractivity contribution in [2.24, 2.45) is 11.8 Å². The number of ketones is 2. The van der Waals surface area contributed by atoms with Crippen LogP contribution in [0.4, 0.5) is 4.39 Å². The van der Waals surface area contributed by atoms with E-state index in [4.69, 9.17) is 18.4 Å². The van der Waals surface area contributed by atoms with Crippen molar-refractivity contribution in [2.75, 3.05) is 13.1 Å². The van der Waals surface area contributed by atoms with Crippen LogP contribution >= 0.6 is 0 Å². The Balaban J connectivity index is 1.35. The Morgan fingerprint density at radius 2 is 1.54 bits per heavy atom. The summed E-state index contributed by atoms with van der Waals surface area (Å²) in [6.07, 6.45) is 5.71. The van der Waals surface area contributed by atoms with Crippen molar-refractivity contribution in [3.8, 4) is 11.6 Å². The number of benzene rings is 3. The first-order valence-electron chi connectivity index (χ1n) is 20.6. The van der Waals surface area contributed by atoms with Crippen LogP contribution in [0.1, 0.15) is 93.9 Å². The number of hydrogen-bond donors (Lipinski definition) is 1. The van der Waals surface area contributed by atoms with Crippen LogP contribution in [-0.2, 0) is 36.9 Å². The van der Waals surface area contributed by atoms with Gasteiger partial charge >= 0.3 is 0 Å². The van der Waals surface area contributed by atoms with Crippen molar-refractivity contribution in [3.05, 3.63) is 148 Å². The normalized spacial score (nSPS) is 22.3. The maximum Gasteiger partial charge on any atom is 0.265 e. The summed E-state index contributed by atoms with van der Waals surface area (Å²) in [6.45, 7) is 19.3. The fourth-order valence-corrected chi connectivity index (χ4v) is 10.9. The van der Waals surface area contributed by atoms with Crippen molar-refractivity contribution < 1.29 is 37.5 Å². The predicted octanol–water partition coefficient (Wildman–Crippen LogP) is 10.0. The van der Waals surface area contributed by atoms with Gasteiger partial charge in [-0.25, -0.2) is 4.39 Å². The Hall–Kier alpha value is -5.10. The molecule has 4 atom stereocenters. The fourth-order valence-electron chi connectivity index (χ4n) is 9.45. The molecule has 3 aromatic carbocycles. The highest BCUT2D eigenvalue weighted by Crippen LogP contribution is 2.60. The summed E-state index contributed by atoms with van der Waals surface area (Å²) in [7, 11) is -2.98. The van der Waals surface area contributed by atoms with Crippen molar-refractivity contribution >= 4 is 19.9 Å². The number of fused-ring (bicyclic) bond motifs is 5. The number of halogens is 1. The summed E-state index contributed by atoms with van der Waals surface area (Å²) in [6, 6.07) is 18.4. The summed E-state index contributed by atoms with van der Waals surface area (Å²) in [4.78, 5) is 33.2. The molecule has 4 aliphatic rings. The lowest BCUT2D eigenvalue weighted by atomic mass is 9.58. The lowest BCUT2D eigenvalue weighted by Gasteiger charge is -2.55. The predicted molar refractivity (Wildman–Crippen MR) is 226 cm³/mol. The van der Waals surface area contributed by atoms with Gasteiger partial charge in [0.15, 0.2) is 25.5 Å². The van der Waals surface area contributed by atoms with Crippen molar-refractivity contribution in [1.82, 2.24) is 10.1 Å². The number of ether oxygens (including phenoxy) is 2. The average Bonchev–Trinajstić information content (AvgIpc) is 3.87. The van der Waals surface area contributed by atoms with Crippen LogP contribution in [0.2, 0.25) is 18.1 Å². The summed E-state index contributed by atoms with van der Waals surface area (Å²) < 4.78 is 43.1. The van der Waals surface area contributed by atoms with Gasteiger partial charge in [0.25, 0.3) is 5.88 Å². The molecule has 4 aromatic rings. The molecule has 0 aliphatic heterocycles. The number of aliphatic hydroxyl groups excluding tert-OH is 1. The number of allylic oxidation sites excluding steroid dienone is 1. The van der Waals surface area contributed by atoms with Crippen LogP contribution in [0, 0.1) is 17.7 Å². The topological polar surface area (TPSA) is 111 Å². The third-order valence-electron chi connectivity index (χ3n) is 13.2. The van der Waals surface area contributed by atoms with Gasteiger partial charge in [0.05, 0.1) is 11.6 Å². The van der Waals surface area contributed by atoms with Gasteiger partial charge in [-0.3, -0.25) is 14.5 Å². The Labute approximate surface area is 346 Å². The van der Waals surface area contributed by atoms with Gasteiger partial charge in [0.1, 0.15) is 36.1 Å². The Kier molecular flexibility index (Phi) is 10.7. The minimum absolute atomic E-state index is 0.0258. The van der Waals surface area contributed by atoms with Crippen molar-refractivity contribution in [3.63, 3.8) is 0 Å². The van der Waals surface area contributed by atoms with Gasteiger partial charge in [-0.2, -0.15) is 0 Å². The molecule has 1 heterocycles. The van der Waals surface area contributed by atoms with Gasteiger partial charge in [-0.05, 0) is 78.0 Å². The van der Waals surface area contributed by atoms with E-state index in [9.17, 15) is 5.11 Å². The highest BCUT2D eigenvalue weighted by molar-refractivity contribution is 6.74. The monoisotopic (exact) mass is 816 g/mol. The number of aromatic nitrogens is 1. The Bertz CT molecular complexity index is 2340. The molecule has 308 valence electrons. The standard InChI is InChI=1S/C48H53FN2O7Si/c1-8-23-51(24-9-2)40-35-26-31-25-34-37(42(33-22-16-21-32(33)39(34)49)55-27-29-17-12-10-13-18-29)41(52)36(31)44(53)48(35,58-59(6,7)47(3,4)5)45(54)38-43(40)57-50-46(38)56-28-30-19-14-11-15-20-30/h8-15,17-20,31,35,40,53H,1-2,16,21-28H2,3-7H3/t31-,35-,40-,48-/m0/s1. The van der Waals surface area contributed by atoms with Crippen molar-refractivity contribution in [2.45, 2.75) is 95.9 Å². The first kappa shape index (κ1) is 40.7. The molecule has 4 aliphatic carbocycles. The van der Waals surface area contributed by atoms with Gasteiger partial charge in [-0.1, -0.05) is 93.6 Å². The zero-order chi connectivity index (χ0) is 41.9. The molecule has 0 amide bonds. The van der Waals surface area contributed by atoms with E-state index in [1.807, 2.05) is 73.8 Å². The fraction of sp³-hybridized carbons (Fsp3) is 0.396. The molecule has 0 unspecified atom stereocenters. The molecule has 0 saturated carbocycles. The summed E-state index contributed by atoms with van der Waals surface area (Å²) in [5.41, 5.74) is 1.53. The second kappa shape index (κ2) is 15.5. The minimum Gasteiger partial charge on any atom is -0.508 e. The molecular formula is C48H53FN2O7Si. The molecule has 0 radical (unpaired) electrons. The second-order valence-electron chi connectivity index (χ2n) is 17.8. The molecule has 11 heteroatoms. The zero-order valence-electron chi connectivity index (χ0n) is 34.6. The number of aliphatic hydroxyl groups is 1. The summed E-state index contributed by atoms with van der Waals surface area (Å²) >= 11 is 0. The number of carbonyl (C=O) groups is 2.